The Morgan fingerprint density at radius 2 is 1.86 bits per heavy atom. The zero-order valence-corrected chi connectivity index (χ0v) is 12.1. The van der Waals surface area contributed by atoms with E-state index in [1.54, 1.807) is 0 Å². The number of nitrogens with zero attached hydrogens (tertiary/aromatic N) is 2. The van der Waals surface area contributed by atoms with Crippen LogP contribution in [0.15, 0.2) is 0 Å². The van der Waals surface area contributed by atoms with E-state index in [0.29, 0.717) is 6.54 Å². The molecule has 8 heteroatoms. The molecule has 2 N–H and O–H groups in total. The predicted molar refractivity (Wildman–Crippen MR) is 70.4 cm³/mol. The van der Waals surface area contributed by atoms with Crippen molar-refractivity contribution in [2.45, 2.75) is 25.5 Å². The molecule has 0 bridgehead atoms. The van der Waals surface area contributed by atoms with E-state index in [1.165, 1.54) is 16.9 Å². The van der Waals surface area contributed by atoms with Crippen molar-refractivity contribution in [2.75, 3.05) is 26.7 Å². The lowest BCUT2D eigenvalue weighted by atomic mass is 9.99. The van der Waals surface area contributed by atoms with Crippen molar-refractivity contribution >= 4 is 18.0 Å². The number of methoxy groups -OCH3 is 1. The second kappa shape index (κ2) is 5.88. The summed E-state index contributed by atoms with van der Waals surface area (Å²) in [4.78, 5) is 37.9. The topological polar surface area (TPSA) is 107 Å². The number of rotatable bonds is 2. The molecule has 21 heavy (non-hydrogen) atoms. The molecular formula is C13H20N2O6. The maximum atomic E-state index is 12.4. The number of carboxylic acid groups (broad SMARTS) is 1. The van der Waals surface area contributed by atoms with E-state index in [9.17, 15) is 19.5 Å². The van der Waals surface area contributed by atoms with Gasteiger partial charge in [-0.3, -0.25) is 4.79 Å². The predicted octanol–water partition coefficient (Wildman–Crippen LogP) is -0.633. The van der Waals surface area contributed by atoms with E-state index in [0.717, 1.165) is 0 Å². The van der Waals surface area contributed by atoms with Gasteiger partial charge in [0, 0.05) is 26.1 Å². The fourth-order valence-corrected chi connectivity index (χ4v) is 3.02. The first-order valence-electron chi connectivity index (χ1n) is 6.89. The average Bonchev–Trinajstić information content (AvgIpc) is 3.00. The molecule has 2 aliphatic rings. The number of likely N-dealkylation sites (tertiary alicyclic amines) is 2. The van der Waals surface area contributed by atoms with Crippen LogP contribution in [0.3, 0.4) is 0 Å². The van der Waals surface area contributed by atoms with Crippen molar-refractivity contribution in [3.63, 3.8) is 0 Å². The van der Waals surface area contributed by atoms with Gasteiger partial charge in [0.2, 0.25) is 0 Å². The maximum Gasteiger partial charge on any atom is 0.326 e. The van der Waals surface area contributed by atoms with Crippen LogP contribution in [0.4, 0.5) is 4.79 Å². The van der Waals surface area contributed by atoms with Gasteiger partial charge in [-0.1, -0.05) is 6.92 Å². The van der Waals surface area contributed by atoms with Crippen LogP contribution in [0.2, 0.25) is 0 Å². The van der Waals surface area contributed by atoms with E-state index >= 15 is 0 Å². The third kappa shape index (κ3) is 2.94. The Labute approximate surface area is 122 Å². The van der Waals surface area contributed by atoms with Gasteiger partial charge in [-0.05, 0) is 5.92 Å². The van der Waals surface area contributed by atoms with Crippen LogP contribution in [0.25, 0.3) is 0 Å². The molecule has 0 radical (unpaired) electrons. The third-order valence-corrected chi connectivity index (χ3v) is 4.20. The first-order chi connectivity index (χ1) is 9.85. The van der Waals surface area contributed by atoms with Gasteiger partial charge in [0.1, 0.15) is 6.04 Å². The maximum absolute atomic E-state index is 12.4. The average molecular weight is 300 g/mol. The van der Waals surface area contributed by atoms with Gasteiger partial charge in [0.25, 0.3) is 0 Å². The summed E-state index contributed by atoms with van der Waals surface area (Å²) in [6.07, 6.45) is -0.795. The number of β-amino-alcohol motifs (C(OH)–C–C–N with tert-alkyl or cyclic N) is 1. The lowest BCUT2D eigenvalue weighted by Gasteiger charge is -2.27. The Kier molecular flexibility index (Phi) is 4.36. The highest BCUT2D eigenvalue weighted by Gasteiger charge is 2.44. The second-order valence-electron chi connectivity index (χ2n) is 5.69. The van der Waals surface area contributed by atoms with E-state index in [4.69, 9.17) is 9.84 Å². The summed E-state index contributed by atoms with van der Waals surface area (Å²) in [6, 6.07) is -1.46. The lowest BCUT2D eigenvalue weighted by Crippen LogP contribution is -2.47. The van der Waals surface area contributed by atoms with Gasteiger partial charge in [0.15, 0.2) is 0 Å². The van der Waals surface area contributed by atoms with Crippen molar-refractivity contribution in [3.8, 4) is 0 Å². The number of carboxylic acids is 1. The van der Waals surface area contributed by atoms with Crippen molar-refractivity contribution in [3.05, 3.63) is 0 Å². The summed E-state index contributed by atoms with van der Waals surface area (Å²) < 4.78 is 4.71. The smallest absolute Gasteiger partial charge is 0.326 e. The summed E-state index contributed by atoms with van der Waals surface area (Å²) >= 11 is 0. The zero-order valence-electron chi connectivity index (χ0n) is 12.1. The molecular weight excluding hydrogens is 280 g/mol. The number of urea groups is 1. The van der Waals surface area contributed by atoms with Gasteiger partial charge in [-0.15, -0.1) is 0 Å². The van der Waals surface area contributed by atoms with E-state index in [2.05, 4.69) is 0 Å². The molecule has 2 amide bonds. The Balaban J connectivity index is 2.07. The molecule has 0 aliphatic carbocycles. The Morgan fingerprint density at radius 3 is 2.43 bits per heavy atom. The lowest BCUT2D eigenvalue weighted by molar-refractivity contribution is -0.146. The molecule has 118 valence electrons. The highest BCUT2D eigenvalue weighted by molar-refractivity contribution is 5.84. The fourth-order valence-electron chi connectivity index (χ4n) is 3.02. The number of hydrogen-bond donors (Lipinski definition) is 2. The summed E-state index contributed by atoms with van der Waals surface area (Å²) in [7, 11) is 1.30. The standard InChI is InChI=1S/C13H20N2O6/c1-7-4-14(6-9(7)12(19)21-2)13(20)15-5-8(16)3-10(15)11(17)18/h7-10,16H,3-6H2,1-2H3,(H,17,18)/t7?,8?,9?,10-/m0/s1. The minimum Gasteiger partial charge on any atom is -0.480 e. The van der Waals surface area contributed by atoms with Crippen LogP contribution >= 0.6 is 0 Å². The number of aliphatic hydroxyl groups excluding tert-OH is 1. The van der Waals surface area contributed by atoms with Crippen LogP contribution in [-0.4, -0.2) is 76.9 Å². The Morgan fingerprint density at radius 1 is 1.19 bits per heavy atom. The van der Waals surface area contributed by atoms with E-state index in [1.807, 2.05) is 6.92 Å². The fraction of sp³-hybridized carbons (Fsp3) is 0.769. The largest absolute Gasteiger partial charge is 0.480 e. The van der Waals surface area contributed by atoms with Crippen molar-refractivity contribution in [2.24, 2.45) is 11.8 Å². The molecule has 0 saturated carbocycles. The SMILES string of the molecule is COC(=O)C1CN(C(=O)N2CC(O)C[C@H]2C(=O)O)CC1C. The number of ether oxygens (including phenoxy) is 1. The molecule has 0 aromatic rings. The monoisotopic (exact) mass is 300 g/mol. The van der Waals surface area contributed by atoms with Gasteiger partial charge < -0.3 is 24.7 Å². The molecule has 3 unspecified atom stereocenters. The zero-order chi connectivity index (χ0) is 15.7. The number of carbonyl (C=O) groups is 3. The van der Waals surface area contributed by atoms with Gasteiger partial charge in [-0.2, -0.15) is 0 Å². The number of amides is 2. The molecule has 2 aliphatic heterocycles. The van der Waals surface area contributed by atoms with Gasteiger partial charge in [-0.25, -0.2) is 9.59 Å². The Hall–Kier alpha value is -1.83. The highest BCUT2D eigenvalue weighted by atomic mass is 16.5. The number of esters is 1. The molecule has 2 rings (SSSR count). The van der Waals surface area contributed by atoms with Crippen LogP contribution < -0.4 is 0 Å². The van der Waals surface area contributed by atoms with Crippen molar-refractivity contribution < 1.29 is 29.3 Å². The van der Waals surface area contributed by atoms with Crippen LogP contribution in [0.5, 0.6) is 0 Å². The van der Waals surface area contributed by atoms with E-state index in [-0.39, 0.29) is 31.4 Å². The normalized spacial score (nSPS) is 32.3. The molecule has 4 atom stereocenters. The Bertz CT molecular complexity index is 454. The quantitative estimate of drug-likeness (QED) is 0.657. The van der Waals surface area contributed by atoms with Crippen molar-refractivity contribution in [1.29, 1.82) is 0 Å². The minimum atomic E-state index is -1.13. The number of aliphatic hydroxyl groups is 1. The minimum absolute atomic E-state index is 0.00354. The first kappa shape index (κ1) is 15.6. The van der Waals surface area contributed by atoms with Crippen molar-refractivity contribution in [1.82, 2.24) is 9.80 Å². The number of hydrogen-bond acceptors (Lipinski definition) is 5. The third-order valence-electron chi connectivity index (χ3n) is 4.20. The number of aliphatic carboxylic acids is 1. The van der Waals surface area contributed by atoms with Crippen LogP contribution in [0, 0.1) is 11.8 Å². The highest BCUT2D eigenvalue weighted by Crippen LogP contribution is 2.27. The van der Waals surface area contributed by atoms with E-state index < -0.39 is 30.1 Å². The molecule has 0 aromatic heterocycles. The summed E-state index contributed by atoms with van der Waals surface area (Å²) in [6.45, 7) is 2.44. The van der Waals surface area contributed by atoms with Gasteiger partial charge >= 0.3 is 18.0 Å². The summed E-state index contributed by atoms with van der Waals surface area (Å²) in [5.74, 6) is -1.93. The molecule has 0 aromatic carbocycles. The molecule has 2 saturated heterocycles. The summed E-state index contributed by atoms with van der Waals surface area (Å²) in [5.41, 5.74) is 0. The van der Waals surface area contributed by atoms with Crippen LogP contribution in [-0.2, 0) is 14.3 Å². The molecule has 0 spiro atoms. The first-order valence-corrected chi connectivity index (χ1v) is 6.89. The van der Waals surface area contributed by atoms with Gasteiger partial charge in [0.05, 0.1) is 19.1 Å². The molecule has 8 nitrogen and oxygen atoms in total. The number of carbonyl (C=O) groups excluding carboxylic acids is 2. The van der Waals surface area contributed by atoms with Crippen LogP contribution in [0.1, 0.15) is 13.3 Å². The second-order valence-corrected chi connectivity index (χ2v) is 5.69. The molecule has 2 heterocycles. The summed E-state index contributed by atoms with van der Waals surface area (Å²) in [5, 5.41) is 18.7. The molecule has 2 fully saturated rings.